The van der Waals surface area contributed by atoms with E-state index >= 15 is 0 Å². The highest BCUT2D eigenvalue weighted by atomic mass is 79.9. The number of nitrogens with zero attached hydrogens (tertiary/aromatic N) is 1. The number of aromatic nitrogens is 2. The molecule has 2 rings (SSSR count). The summed E-state index contributed by atoms with van der Waals surface area (Å²) in [5.41, 5.74) is 1.16. The minimum Gasteiger partial charge on any atom is -0.267 e. The van der Waals surface area contributed by atoms with Crippen molar-refractivity contribution in [2.75, 3.05) is 0 Å². The van der Waals surface area contributed by atoms with E-state index in [0.29, 0.717) is 15.2 Å². The average Bonchev–Trinajstić information content (AvgIpc) is 2.23. The number of hydrogen-bond donors (Lipinski definition) is 1. The summed E-state index contributed by atoms with van der Waals surface area (Å²) in [6, 6.07) is 8.96. The lowest BCUT2D eigenvalue weighted by Gasteiger charge is -2.02. The fraction of sp³-hybridized carbons (Fsp3) is 0. The predicted molar refractivity (Wildman–Crippen MR) is 63.0 cm³/mol. The molecule has 1 N–H and O–H groups in total. The van der Waals surface area contributed by atoms with Crippen LogP contribution >= 0.6 is 27.5 Å². The highest BCUT2D eigenvalue weighted by Crippen LogP contribution is 2.25. The maximum atomic E-state index is 11.1. The molecule has 0 spiro atoms. The summed E-state index contributed by atoms with van der Waals surface area (Å²) in [5, 5.41) is 6.90. The molecule has 0 aliphatic heterocycles. The molecule has 0 bridgehead atoms. The van der Waals surface area contributed by atoms with Crippen LogP contribution in [0.1, 0.15) is 0 Å². The summed E-state index contributed by atoms with van der Waals surface area (Å²) in [7, 11) is 0. The van der Waals surface area contributed by atoms with E-state index in [-0.39, 0.29) is 5.56 Å². The van der Waals surface area contributed by atoms with Crippen molar-refractivity contribution < 1.29 is 0 Å². The zero-order valence-electron chi connectivity index (χ0n) is 7.50. The molecule has 1 heterocycles. The van der Waals surface area contributed by atoms with Crippen LogP contribution in [0, 0.1) is 0 Å². The molecule has 0 atom stereocenters. The van der Waals surface area contributed by atoms with Crippen LogP contribution in [-0.4, -0.2) is 10.2 Å². The van der Waals surface area contributed by atoms with Crippen molar-refractivity contribution in [1.82, 2.24) is 10.2 Å². The standard InChI is InChI=1S/C10H6BrClN2O/c11-7-5-9(13-14-10(7)15)6-3-1-2-4-8(6)12/h1-5H,(H,14,15). The Bertz CT molecular complexity index is 553. The Balaban J connectivity index is 2.60. The normalized spacial score (nSPS) is 10.3. The number of rotatable bonds is 1. The second-order valence-electron chi connectivity index (χ2n) is 2.91. The van der Waals surface area contributed by atoms with Crippen molar-refractivity contribution in [2.45, 2.75) is 0 Å². The van der Waals surface area contributed by atoms with E-state index in [2.05, 4.69) is 26.1 Å². The lowest BCUT2D eigenvalue weighted by molar-refractivity contribution is 0.985. The summed E-state index contributed by atoms with van der Waals surface area (Å²) in [5.74, 6) is 0. The number of H-pyrrole nitrogens is 1. The zero-order valence-corrected chi connectivity index (χ0v) is 9.84. The third-order valence-corrected chi connectivity index (χ3v) is 2.83. The van der Waals surface area contributed by atoms with Gasteiger partial charge in [0.25, 0.3) is 5.56 Å². The molecule has 0 unspecified atom stereocenters. The molecule has 0 aliphatic carbocycles. The Kier molecular flexibility index (Phi) is 2.88. The number of nitrogens with one attached hydrogen (secondary N) is 1. The molecule has 0 saturated carbocycles. The summed E-state index contributed by atoms with van der Waals surface area (Å²) in [4.78, 5) is 11.1. The fourth-order valence-electron chi connectivity index (χ4n) is 1.19. The molecule has 0 aliphatic rings. The minimum absolute atomic E-state index is 0.259. The molecule has 1 aromatic carbocycles. The number of halogens is 2. The van der Waals surface area contributed by atoms with Crippen LogP contribution in [0.4, 0.5) is 0 Å². The average molecular weight is 286 g/mol. The first kappa shape index (κ1) is 10.4. The Morgan fingerprint density at radius 3 is 2.73 bits per heavy atom. The molecule has 15 heavy (non-hydrogen) atoms. The lowest BCUT2D eigenvalue weighted by atomic mass is 10.1. The third kappa shape index (κ3) is 2.11. The fourth-order valence-corrected chi connectivity index (χ4v) is 1.73. The maximum absolute atomic E-state index is 11.1. The number of aromatic amines is 1. The van der Waals surface area contributed by atoms with Gasteiger partial charge >= 0.3 is 0 Å². The Hall–Kier alpha value is -1.13. The van der Waals surface area contributed by atoms with Crippen molar-refractivity contribution in [2.24, 2.45) is 0 Å². The highest BCUT2D eigenvalue weighted by molar-refractivity contribution is 9.10. The van der Waals surface area contributed by atoms with E-state index < -0.39 is 0 Å². The van der Waals surface area contributed by atoms with Crippen LogP contribution in [0.25, 0.3) is 11.3 Å². The molecule has 3 nitrogen and oxygen atoms in total. The summed E-state index contributed by atoms with van der Waals surface area (Å²) < 4.78 is 0.437. The van der Waals surface area contributed by atoms with Gasteiger partial charge < -0.3 is 0 Å². The molecule has 0 fully saturated rings. The molecule has 0 radical (unpaired) electrons. The smallest absolute Gasteiger partial charge is 0.267 e. The van der Waals surface area contributed by atoms with Crippen molar-refractivity contribution in [3.05, 3.63) is 50.2 Å². The monoisotopic (exact) mass is 284 g/mol. The molecular formula is C10H6BrClN2O. The largest absolute Gasteiger partial charge is 0.278 e. The van der Waals surface area contributed by atoms with Gasteiger partial charge in [0.1, 0.15) is 0 Å². The summed E-state index contributed by atoms with van der Waals surface area (Å²) in [6.07, 6.45) is 0. The van der Waals surface area contributed by atoms with E-state index in [1.54, 1.807) is 12.1 Å². The lowest BCUT2D eigenvalue weighted by Crippen LogP contribution is -2.08. The van der Waals surface area contributed by atoms with Gasteiger partial charge in [-0.25, -0.2) is 5.10 Å². The quantitative estimate of drug-likeness (QED) is 0.876. The Labute approximate surface area is 99.2 Å². The van der Waals surface area contributed by atoms with E-state index in [9.17, 15) is 4.79 Å². The van der Waals surface area contributed by atoms with Gasteiger partial charge in [-0.1, -0.05) is 29.8 Å². The molecular weight excluding hydrogens is 279 g/mol. The maximum Gasteiger partial charge on any atom is 0.278 e. The van der Waals surface area contributed by atoms with Gasteiger partial charge in [-0.3, -0.25) is 4.79 Å². The van der Waals surface area contributed by atoms with Crippen molar-refractivity contribution in [1.29, 1.82) is 0 Å². The van der Waals surface area contributed by atoms with E-state index in [1.165, 1.54) is 0 Å². The Morgan fingerprint density at radius 1 is 1.33 bits per heavy atom. The van der Waals surface area contributed by atoms with Gasteiger partial charge in [0.05, 0.1) is 15.2 Å². The first-order valence-electron chi connectivity index (χ1n) is 4.18. The number of benzene rings is 1. The first-order valence-corrected chi connectivity index (χ1v) is 5.35. The van der Waals surface area contributed by atoms with Gasteiger partial charge in [-0.15, -0.1) is 0 Å². The molecule has 0 amide bonds. The van der Waals surface area contributed by atoms with Gasteiger partial charge in [0.2, 0.25) is 0 Å². The van der Waals surface area contributed by atoms with Crippen LogP contribution in [0.5, 0.6) is 0 Å². The zero-order chi connectivity index (χ0) is 10.8. The summed E-state index contributed by atoms with van der Waals surface area (Å²) in [6.45, 7) is 0. The van der Waals surface area contributed by atoms with E-state index in [4.69, 9.17) is 11.6 Å². The van der Waals surface area contributed by atoms with E-state index in [0.717, 1.165) is 5.56 Å². The SMILES string of the molecule is O=c1[nH]nc(-c2ccccc2Cl)cc1Br. The molecule has 2 aromatic rings. The topological polar surface area (TPSA) is 45.8 Å². The van der Waals surface area contributed by atoms with Crippen LogP contribution in [0.15, 0.2) is 39.6 Å². The Morgan fingerprint density at radius 2 is 2.07 bits per heavy atom. The number of hydrogen-bond acceptors (Lipinski definition) is 2. The summed E-state index contributed by atoms with van der Waals surface area (Å²) >= 11 is 9.14. The molecule has 5 heteroatoms. The predicted octanol–water partition coefficient (Wildman–Crippen LogP) is 2.85. The van der Waals surface area contributed by atoms with Crippen LogP contribution in [0.2, 0.25) is 5.02 Å². The van der Waals surface area contributed by atoms with E-state index in [1.807, 2.05) is 18.2 Å². The van der Waals surface area contributed by atoms with Gasteiger partial charge in [0.15, 0.2) is 0 Å². The molecule has 1 aromatic heterocycles. The third-order valence-electron chi connectivity index (χ3n) is 1.91. The molecule has 76 valence electrons. The van der Waals surface area contributed by atoms with Crippen molar-refractivity contribution in [3.8, 4) is 11.3 Å². The first-order chi connectivity index (χ1) is 7.18. The van der Waals surface area contributed by atoms with Gasteiger partial charge in [0, 0.05) is 5.56 Å². The second kappa shape index (κ2) is 4.16. The van der Waals surface area contributed by atoms with Crippen molar-refractivity contribution >= 4 is 27.5 Å². The minimum atomic E-state index is -0.259. The van der Waals surface area contributed by atoms with Crippen LogP contribution in [0.3, 0.4) is 0 Å². The molecule has 0 saturated heterocycles. The van der Waals surface area contributed by atoms with Gasteiger partial charge in [-0.2, -0.15) is 5.10 Å². The highest BCUT2D eigenvalue weighted by Gasteiger charge is 2.05. The van der Waals surface area contributed by atoms with Crippen molar-refractivity contribution in [3.63, 3.8) is 0 Å². The van der Waals surface area contributed by atoms with Crippen LogP contribution in [-0.2, 0) is 0 Å². The van der Waals surface area contributed by atoms with Crippen LogP contribution < -0.4 is 5.56 Å². The van der Waals surface area contributed by atoms with Gasteiger partial charge in [-0.05, 0) is 28.1 Å². The second-order valence-corrected chi connectivity index (χ2v) is 4.17.